The Morgan fingerprint density at radius 1 is 0.688 bits per heavy atom. The van der Waals surface area contributed by atoms with Crippen molar-refractivity contribution >= 4 is 5.91 Å². The molecule has 0 bridgehead atoms. The minimum Gasteiger partial charge on any atom is -0.394 e. The Morgan fingerprint density at radius 3 is 1.75 bits per heavy atom. The molecule has 48 heavy (non-hydrogen) atoms. The molecular formula is C38H73NO9. The summed E-state index contributed by atoms with van der Waals surface area (Å²) in [6.45, 7) is 3.57. The number of allylic oxidation sites excluding steroid dienone is 2. The van der Waals surface area contributed by atoms with Crippen molar-refractivity contribution in [3.8, 4) is 0 Å². The fourth-order valence-corrected chi connectivity index (χ4v) is 6.15. The largest absolute Gasteiger partial charge is 0.394 e. The molecule has 284 valence electrons. The Bertz CT molecular complexity index is 783. The third-order valence-electron chi connectivity index (χ3n) is 9.48. The summed E-state index contributed by atoms with van der Waals surface area (Å²) in [7, 11) is 0. The number of aliphatic hydroxyl groups is 6. The van der Waals surface area contributed by atoms with Gasteiger partial charge >= 0.3 is 0 Å². The van der Waals surface area contributed by atoms with Crippen molar-refractivity contribution in [1.29, 1.82) is 0 Å². The zero-order chi connectivity index (χ0) is 35.4. The van der Waals surface area contributed by atoms with Crippen LogP contribution in [0.3, 0.4) is 0 Å². The van der Waals surface area contributed by atoms with E-state index < -0.39 is 61.5 Å². The van der Waals surface area contributed by atoms with E-state index >= 15 is 0 Å². The lowest BCUT2D eigenvalue weighted by atomic mass is 9.99. The molecule has 8 atom stereocenters. The minimum atomic E-state index is -1.59. The summed E-state index contributed by atoms with van der Waals surface area (Å²) in [5, 5.41) is 64.3. The van der Waals surface area contributed by atoms with E-state index in [1.165, 1.54) is 77.0 Å². The van der Waals surface area contributed by atoms with Gasteiger partial charge in [0.25, 0.3) is 0 Å². The Morgan fingerprint density at radius 2 is 1.19 bits per heavy atom. The zero-order valence-electron chi connectivity index (χ0n) is 30.4. The topological polar surface area (TPSA) is 169 Å². The highest BCUT2D eigenvalue weighted by atomic mass is 16.7. The molecule has 0 aromatic heterocycles. The Kier molecular flexibility index (Phi) is 27.7. The van der Waals surface area contributed by atoms with Gasteiger partial charge in [-0.1, -0.05) is 142 Å². The molecule has 8 unspecified atom stereocenters. The Labute approximate surface area is 291 Å². The minimum absolute atomic E-state index is 0.259. The summed E-state index contributed by atoms with van der Waals surface area (Å²) in [5.74, 6) is -0.600. The summed E-state index contributed by atoms with van der Waals surface area (Å²) in [5.41, 5.74) is 0. The van der Waals surface area contributed by atoms with Crippen LogP contribution in [-0.4, -0.2) is 98.7 Å². The first-order valence-electron chi connectivity index (χ1n) is 19.5. The molecule has 1 rings (SSSR count). The molecule has 0 radical (unpaired) electrons. The van der Waals surface area contributed by atoms with Gasteiger partial charge in [0.05, 0.1) is 25.4 Å². The fraction of sp³-hybridized carbons (Fsp3) is 0.921. The highest BCUT2D eigenvalue weighted by Gasteiger charge is 2.44. The van der Waals surface area contributed by atoms with Crippen LogP contribution in [0.4, 0.5) is 0 Å². The molecule has 1 aliphatic rings. The Hall–Kier alpha value is -1.11. The van der Waals surface area contributed by atoms with Gasteiger partial charge in [0.2, 0.25) is 5.91 Å². The molecule has 0 aromatic carbocycles. The second-order valence-corrected chi connectivity index (χ2v) is 13.9. The molecule has 0 aromatic rings. The van der Waals surface area contributed by atoms with Crippen molar-refractivity contribution in [2.75, 3.05) is 13.2 Å². The van der Waals surface area contributed by atoms with Crippen LogP contribution in [0.1, 0.15) is 162 Å². The van der Waals surface area contributed by atoms with Crippen LogP contribution >= 0.6 is 0 Å². The second kappa shape index (κ2) is 29.6. The number of rotatable bonds is 31. The Balaban J connectivity index is 2.49. The maximum atomic E-state index is 12.9. The summed E-state index contributed by atoms with van der Waals surface area (Å²) in [6, 6.07) is -0.894. The summed E-state index contributed by atoms with van der Waals surface area (Å²) in [4.78, 5) is 12.9. The number of hydrogen-bond acceptors (Lipinski definition) is 9. The molecule has 10 nitrogen and oxygen atoms in total. The molecule has 0 aliphatic carbocycles. The van der Waals surface area contributed by atoms with E-state index in [1.54, 1.807) is 0 Å². The van der Waals surface area contributed by atoms with E-state index in [9.17, 15) is 35.4 Å². The van der Waals surface area contributed by atoms with Gasteiger partial charge in [-0.05, 0) is 32.1 Å². The third-order valence-corrected chi connectivity index (χ3v) is 9.48. The van der Waals surface area contributed by atoms with Crippen LogP contribution < -0.4 is 5.32 Å². The number of hydrogen-bond donors (Lipinski definition) is 7. The van der Waals surface area contributed by atoms with Gasteiger partial charge in [0.1, 0.15) is 30.5 Å². The van der Waals surface area contributed by atoms with Crippen molar-refractivity contribution in [1.82, 2.24) is 5.32 Å². The van der Waals surface area contributed by atoms with E-state index in [1.807, 2.05) is 0 Å². The van der Waals surface area contributed by atoms with Crippen molar-refractivity contribution in [2.24, 2.45) is 0 Å². The number of unbranched alkanes of at least 4 members (excludes halogenated alkanes) is 18. The van der Waals surface area contributed by atoms with Gasteiger partial charge in [-0.25, -0.2) is 0 Å². The summed E-state index contributed by atoms with van der Waals surface area (Å²) >= 11 is 0. The first-order chi connectivity index (χ1) is 23.3. The maximum Gasteiger partial charge on any atom is 0.249 e. The highest BCUT2D eigenvalue weighted by molar-refractivity contribution is 5.80. The molecule has 1 amide bonds. The molecule has 1 aliphatic heterocycles. The monoisotopic (exact) mass is 688 g/mol. The van der Waals surface area contributed by atoms with Gasteiger partial charge in [0.15, 0.2) is 6.29 Å². The predicted molar refractivity (Wildman–Crippen MR) is 190 cm³/mol. The molecule has 1 saturated heterocycles. The molecule has 0 spiro atoms. The number of carbonyl (C=O) groups excluding carboxylic acids is 1. The molecule has 1 heterocycles. The lowest BCUT2D eigenvalue weighted by molar-refractivity contribution is -0.302. The van der Waals surface area contributed by atoms with Gasteiger partial charge in [0, 0.05) is 0 Å². The maximum absolute atomic E-state index is 12.9. The van der Waals surface area contributed by atoms with Crippen LogP contribution in [0, 0.1) is 0 Å². The number of nitrogens with one attached hydrogen (secondary N) is 1. The standard InChI is InChI=1S/C38H73NO9/c1-3-5-7-9-11-13-14-15-16-17-19-20-22-24-26-31(41)30(29-47-38-36(45)35(44)34(43)33(28-40)48-38)39-37(46)32(42)27-25-23-21-18-12-10-8-6-4-2/h10,12,30-36,38,40-45H,3-9,11,13-29H2,1-2H3,(H,39,46)/b12-10-. The normalized spacial score (nSPS) is 23.4. The van der Waals surface area contributed by atoms with Crippen LogP contribution in [-0.2, 0) is 14.3 Å². The van der Waals surface area contributed by atoms with Crippen molar-refractivity contribution in [2.45, 2.75) is 210 Å². The van der Waals surface area contributed by atoms with Crippen molar-refractivity contribution in [3.63, 3.8) is 0 Å². The van der Waals surface area contributed by atoms with Crippen LogP contribution in [0.5, 0.6) is 0 Å². The second-order valence-electron chi connectivity index (χ2n) is 13.9. The number of ether oxygens (including phenoxy) is 2. The zero-order valence-corrected chi connectivity index (χ0v) is 30.4. The number of carbonyl (C=O) groups is 1. The summed E-state index contributed by atoms with van der Waals surface area (Å²) < 4.78 is 11.1. The first-order valence-corrected chi connectivity index (χ1v) is 19.5. The smallest absolute Gasteiger partial charge is 0.249 e. The number of amides is 1. The van der Waals surface area contributed by atoms with E-state index in [0.717, 1.165) is 51.4 Å². The van der Waals surface area contributed by atoms with Crippen LogP contribution in [0.2, 0.25) is 0 Å². The average Bonchev–Trinajstić information content (AvgIpc) is 3.08. The third kappa shape index (κ3) is 20.5. The quantitative estimate of drug-likeness (QED) is 0.0364. The van der Waals surface area contributed by atoms with Gasteiger partial charge in [-0.2, -0.15) is 0 Å². The predicted octanol–water partition coefficient (Wildman–Crippen LogP) is 5.58. The SMILES string of the molecule is CCCC/C=C\CCCCCC(O)C(=O)NC(COC1OC(CO)C(O)C(O)C1O)C(O)CCCCCCCCCCCCCCCC. The molecule has 10 heteroatoms. The van der Waals surface area contributed by atoms with Gasteiger partial charge < -0.3 is 45.4 Å². The van der Waals surface area contributed by atoms with Crippen LogP contribution in [0.15, 0.2) is 12.2 Å². The lowest BCUT2D eigenvalue weighted by Crippen LogP contribution is -2.60. The highest BCUT2D eigenvalue weighted by Crippen LogP contribution is 2.23. The average molecular weight is 688 g/mol. The molecule has 0 saturated carbocycles. The van der Waals surface area contributed by atoms with Crippen LogP contribution in [0.25, 0.3) is 0 Å². The molecule has 1 fully saturated rings. The van der Waals surface area contributed by atoms with Gasteiger partial charge in [-0.15, -0.1) is 0 Å². The lowest BCUT2D eigenvalue weighted by Gasteiger charge is -2.40. The first kappa shape index (κ1) is 44.9. The molecule has 7 N–H and O–H groups in total. The van der Waals surface area contributed by atoms with E-state index in [-0.39, 0.29) is 6.61 Å². The van der Waals surface area contributed by atoms with Crippen molar-refractivity contribution in [3.05, 3.63) is 12.2 Å². The van der Waals surface area contributed by atoms with Gasteiger partial charge in [-0.3, -0.25) is 4.79 Å². The van der Waals surface area contributed by atoms with Crippen molar-refractivity contribution < 1.29 is 44.9 Å². The number of aliphatic hydroxyl groups excluding tert-OH is 6. The van der Waals surface area contributed by atoms with E-state index in [2.05, 4.69) is 31.3 Å². The van der Waals surface area contributed by atoms with E-state index in [4.69, 9.17) is 9.47 Å². The molecular weight excluding hydrogens is 614 g/mol. The fourth-order valence-electron chi connectivity index (χ4n) is 6.15. The summed E-state index contributed by atoms with van der Waals surface area (Å²) in [6.07, 6.45) is 19.9. The van der Waals surface area contributed by atoms with E-state index in [0.29, 0.717) is 19.3 Å².